The van der Waals surface area contributed by atoms with E-state index in [0.717, 1.165) is 18.6 Å². The Labute approximate surface area is 129 Å². The molecule has 0 atom stereocenters. The molecule has 0 heterocycles. The van der Waals surface area contributed by atoms with Crippen LogP contribution >= 0.6 is 11.6 Å². The number of halogens is 4. The third-order valence-electron chi connectivity index (χ3n) is 3.83. The van der Waals surface area contributed by atoms with Crippen molar-refractivity contribution in [3.05, 3.63) is 28.8 Å². The van der Waals surface area contributed by atoms with Crippen molar-refractivity contribution in [2.75, 3.05) is 5.32 Å². The Morgan fingerprint density at radius 2 is 1.95 bits per heavy atom. The Hall–Kier alpha value is -1.76. The summed E-state index contributed by atoms with van der Waals surface area (Å²) < 4.78 is 37.5. The lowest BCUT2D eigenvalue weighted by molar-refractivity contribution is -0.157. The number of nitrogens with one attached hydrogen (secondary N) is 1. The quantitative estimate of drug-likeness (QED) is 0.875. The molecular weight excluding hydrogens is 323 g/mol. The molecule has 0 aliphatic heterocycles. The maximum absolute atomic E-state index is 12.5. The highest BCUT2D eigenvalue weighted by molar-refractivity contribution is 6.33. The summed E-state index contributed by atoms with van der Waals surface area (Å²) >= 11 is 5.73. The lowest BCUT2D eigenvalue weighted by Gasteiger charge is -2.36. The smallest absolute Gasteiger partial charge is 0.416 e. The van der Waals surface area contributed by atoms with Gasteiger partial charge < -0.3 is 10.4 Å². The summed E-state index contributed by atoms with van der Waals surface area (Å²) in [4.78, 5) is 23.1. The van der Waals surface area contributed by atoms with Crippen LogP contribution < -0.4 is 5.32 Å². The number of rotatable bonds is 4. The average Bonchev–Trinajstić information content (AvgIpc) is 2.34. The topological polar surface area (TPSA) is 66.4 Å². The number of hydrogen-bond donors (Lipinski definition) is 2. The summed E-state index contributed by atoms with van der Waals surface area (Å²) in [5.74, 6) is -1.61. The molecule has 0 bridgehead atoms. The zero-order valence-electron chi connectivity index (χ0n) is 11.3. The van der Waals surface area contributed by atoms with Crippen molar-refractivity contribution in [3.8, 4) is 0 Å². The summed E-state index contributed by atoms with van der Waals surface area (Å²) in [5.41, 5.74) is -1.96. The van der Waals surface area contributed by atoms with Crippen molar-refractivity contribution in [2.45, 2.75) is 31.9 Å². The Kier molecular flexibility index (Phi) is 4.37. The van der Waals surface area contributed by atoms with E-state index in [4.69, 9.17) is 16.7 Å². The van der Waals surface area contributed by atoms with Crippen molar-refractivity contribution >= 4 is 29.2 Å². The minimum Gasteiger partial charge on any atom is -0.481 e. The monoisotopic (exact) mass is 335 g/mol. The zero-order valence-corrected chi connectivity index (χ0v) is 12.1. The van der Waals surface area contributed by atoms with Crippen LogP contribution in [-0.2, 0) is 15.8 Å². The Bertz CT molecular complexity index is 612. The second-order valence-corrected chi connectivity index (χ2v) is 5.76. The van der Waals surface area contributed by atoms with Crippen LogP contribution in [0.15, 0.2) is 18.2 Å². The Morgan fingerprint density at radius 1 is 1.32 bits per heavy atom. The van der Waals surface area contributed by atoms with Gasteiger partial charge >= 0.3 is 12.1 Å². The molecule has 4 nitrogen and oxygen atoms in total. The first-order valence-electron chi connectivity index (χ1n) is 6.54. The number of carboxylic acids is 1. The third-order valence-corrected chi connectivity index (χ3v) is 4.15. The average molecular weight is 336 g/mol. The summed E-state index contributed by atoms with van der Waals surface area (Å²) in [6.07, 6.45) is -3.18. The van der Waals surface area contributed by atoms with Crippen molar-refractivity contribution in [3.63, 3.8) is 0 Å². The van der Waals surface area contributed by atoms with Gasteiger partial charge in [0.05, 0.1) is 21.7 Å². The van der Waals surface area contributed by atoms with Gasteiger partial charge in [0.25, 0.3) is 0 Å². The summed E-state index contributed by atoms with van der Waals surface area (Å²) in [6.45, 7) is 0. The molecule has 1 aromatic rings. The van der Waals surface area contributed by atoms with Gasteiger partial charge in [0.2, 0.25) is 5.91 Å². The number of aliphatic carboxylic acids is 1. The van der Waals surface area contributed by atoms with E-state index in [2.05, 4.69) is 5.32 Å². The predicted octanol–water partition coefficient (Wildman–Crippen LogP) is 3.94. The molecule has 8 heteroatoms. The molecule has 1 amide bonds. The highest BCUT2D eigenvalue weighted by Crippen LogP contribution is 2.44. The first-order chi connectivity index (χ1) is 10.1. The summed E-state index contributed by atoms with van der Waals surface area (Å²) in [7, 11) is 0. The number of carboxylic acid groups (broad SMARTS) is 1. The van der Waals surface area contributed by atoms with Crippen LogP contribution in [-0.4, -0.2) is 17.0 Å². The van der Waals surface area contributed by atoms with Crippen LogP contribution in [0.5, 0.6) is 0 Å². The second-order valence-electron chi connectivity index (χ2n) is 5.36. The van der Waals surface area contributed by atoms with Crippen molar-refractivity contribution in [2.24, 2.45) is 5.41 Å². The fourth-order valence-electron chi connectivity index (χ4n) is 2.36. The normalized spacial score (nSPS) is 16.7. The summed E-state index contributed by atoms with van der Waals surface area (Å²) in [6, 6.07) is 2.57. The molecule has 0 unspecified atom stereocenters. The van der Waals surface area contributed by atoms with Gasteiger partial charge in [-0.3, -0.25) is 9.59 Å². The van der Waals surface area contributed by atoms with Gasteiger partial charge in [-0.25, -0.2) is 0 Å². The zero-order chi connectivity index (χ0) is 16.5. The van der Waals surface area contributed by atoms with Crippen LogP contribution in [0.3, 0.4) is 0 Å². The second kappa shape index (κ2) is 5.79. The van der Waals surface area contributed by atoms with E-state index in [0.29, 0.717) is 18.9 Å². The molecule has 0 spiro atoms. The molecule has 1 aromatic carbocycles. The van der Waals surface area contributed by atoms with Gasteiger partial charge in [0, 0.05) is 6.42 Å². The number of carbonyl (C=O) groups excluding carboxylic acids is 1. The standard InChI is InChI=1S/C14H13ClF3NO3/c15-9-6-8(14(16,17)18)2-3-10(9)19-11(20)7-13(12(21)22)4-1-5-13/h2-3,6H,1,4-5,7H2,(H,19,20)(H,21,22). The molecule has 120 valence electrons. The molecule has 2 rings (SSSR count). The molecular formula is C14H13ClF3NO3. The van der Waals surface area contributed by atoms with Crippen molar-refractivity contribution in [1.29, 1.82) is 0 Å². The van der Waals surface area contributed by atoms with Gasteiger partial charge in [-0.1, -0.05) is 18.0 Å². The molecule has 0 radical (unpaired) electrons. The van der Waals surface area contributed by atoms with Gasteiger partial charge in [-0.15, -0.1) is 0 Å². The fourth-order valence-corrected chi connectivity index (χ4v) is 2.59. The highest BCUT2D eigenvalue weighted by Gasteiger charge is 2.46. The predicted molar refractivity (Wildman–Crippen MR) is 73.6 cm³/mol. The minimum atomic E-state index is -4.52. The van der Waals surface area contributed by atoms with Gasteiger partial charge in [0.15, 0.2) is 0 Å². The third kappa shape index (κ3) is 3.35. The van der Waals surface area contributed by atoms with Crippen LogP contribution in [0, 0.1) is 5.41 Å². The van der Waals surface area contributed by atoms with E-state index in [1.165, 1.54) is 0 Å². The molecule has 0 aromatic heterocycles. The number of benzene rings is 1. The van der Waals surface area contributed by atoms with E-state index in [9.17, 15) is 22.8 Å². The van der Waals surface area contributed by atoms with Crippen molar-refractivity contribution in [1.82, 2.24) is 0 Å². The molecule has 1 saturated carbocycles. The molecule has 22 heavy (non-hydrogen) atoms. The van der Waals surface area contributed by atoms with Crippen LogP contribution in [0.1, 0.15) is 31.2 Å². The van der Waals surface area contributed by atoms with Crippen LogP contribution in [0.25, 0.3) is 0 Å². The lowest BCUT2D eigenvalue weighted by atomic mass is 9.66. The lowest BCUT2D eigenvalue weighted by Crippen LogP contribution is -2.41. The summed E-state index contributed by atoms with van der Waals surface area (Å²) in [5, 5.41) is 11.3. The van der Waals surface area contributed by atoms with Crippen LogP contribution in [0.4, 0.5) is 18.9 Å². The number of amides is 1. The largest absolute Gasteiger partial charge is 0.481 e. The molecule has 1 aliphatic rings. The first kappa shape index (κ1) is 16.6. The highest BCUT2D eigenvalue weighted by atomic mass is 35.5. The van der Waals surface area contributed by atoms with E-state index in [1.807, 2.05) is 0 Å². The first-order valence-corrected chi connectivity index (χ1v) is 6.92. The number of hydrogen-bond acceptors (Lipinski definition) is 2. The van der Waals surface area contributed by atoms with E-state index in [-0.39, 0.29) is 17.1 Å². The van der Waals surface area contributed by atoms with Gasteiger partial charge in [0.1, 0.15) is 0 Å². The number of alkyl halides is 3. The maximum Gasteiger partial charge on any atom is 0.416 e. The number of carbonyl (C=O) groups is 2. The van der Waals surface area contributed by atoms with Gasteiger partial charge in [-0.2, -0.15) is 13.2 Å². The Balaban J connectivity index is 2.08. The fraction of sp³-hybridized carbons (Fsp3) is 0.429. The maximum atomic E-state index is 12.5. The molecule has 1 fully saturated rings. The number of anilines is 1. The van der Waals surface area contributed by atoms with Crippen molar-refractivity contribution < 1.29 is 27.9 Å². The van der Waals surface area contributed by atoms with E-state index >= 15 is 0 Å². The minimum absolute atomic E-state index is 0.0273. The molecule has 1 aliphatic carbocycles. The van der Waals surface area contributed by atoms with Crippen LogP contribution in [0.2, 0.25) is 5.02 Å². The molecule has 0 saturated heterocycles. The van der Waals surface area contributed by atoms with E-state index < -0.39 is 29.0 Å². The molecule has 2 N–H and O–H groups in total. The van der Waals surface area contributed by atoms with E-state index in [1.54, 1.807) is 0 Å². The Morgan fingerprint density at radius 3 is 2.36 bits per heavy atom. The SMILES string of the molecule is O=C(CC1(C(=O)O)CCC1)Nc1ccc(C(F)(F)F)cc1Cl. The van der Waals surface area contributed by atoms with Gasteiger partial charge in [-0.05, 0) is 31.0 Å².